The van der Waals surface area contributed by atoms with Crippen LogP contribution in [0.4, 0.5) is 4.39 Å². The molecule has 0 saturated heterocycles. The lowest BCUT2D eigenvalue weighted by atomic mass is 10.1. The molecule has 0 saturated carbocycles. The highest BCUT2D eigenvalue weighted by molar-refractivity contribution is 9.09. The van der Waals surface area contributed by atoms with Gasteiger partial charge in [0, 0.05) is 18.4 Å². The summed E-state index contributed by atoms with van der Waals surface area (Å²) in [4.78, 5) is 13.5. The Hall–Kier alpha value is -0.900. The third kappa shape index (κ3) is 2.82. The van der Waals surface area contributed by atoms with Crippen LogP contribution >= 0.6 is 15.9 Å². The summed E-state index contributed by atoms with van der Waals surface area (Å²) < 4.78 is 13.6. The fourth-order valence-electron chi connectivity index (χ4n) is 1.29. The lowest BCUT2D eigenvalue weighted by Gasteiger charge is -2.23. The number of alkyl halides is 1. The Morgan fingerprint density at radius 1 is 1.56 bits per heavy atom. The van der Waals surface area contributed by atoms with Gasteiger partial charge in [-0.05, 0) is 31.5 Å². The quantitative estimate of drug-likeness (QED) is 0.783. The Morgan fingerprint density at radius 3 is 2.69 bits per heavy atom. The average molecular weight is 288 g/mol. The molecule has 0 radical (unpaired) electrons. The molecule has 1 aromatic rings. The van der Waals surface area contributed by atoms with Crippen LogP contribution in [0.1, 0.15) is 22.8 Å². The van der Waals surface area contributed by atoms with E-state index in [1.807, 2.05) is 6.92 Å². The zero-order valence-corrected chi connectivity index (χ0v) is 11.2. The van der Waals surface area contributed by atoms with Crippen molar-refractivity contribution < 1.29 is 9.18 Å². The first-order valence-electron chi connectivity index (χ1n) is 5.06. The summed E-state index contributed by atoms with van der Waals surface area (Å²) in [7, 11) is 1.67. The molecule has 0 bridgehead atoms. The van der Waals surface area contributed by atoms with Gasteiger partial charge in [-0.25, -0.2) is 4.39 Å². The van der Waals surface area contributed by atoms with Gasteiger partial charge in [-0.2, -0.15) is 0 Å². The molecular weight excluding hydrogens is 273 g/mol. The summed E-state index contributed by atoms with van der Waals surface area (Å²) in [5.74, 6) is -0.747. The van der Waals surface area contributed by atoms with E-state index in [2.05, 4.69) is 15.9 Å². The van der Waals surface area contributed by atoms with Gasteiger partial charge in [0.2, 0.25) is 0 Å². The molecule has 1 rings (SSSR count). The van der Waals surface area contributed by atoms with Crippen molar-refractivity contribution >= 4 is 21.8 Å². The summed E-state index contributed by atoms with van der Waals surface area (Å²) >= 11 is 3.30. The van der Waals surface area contributed by atoms with Gasteiger partial charge in [0.05, 0.1) is 5.56 Å². The van der Waals surface area contributed by atoms with Crippen molar-refractivity contribution in [3.05, 3.63) is 35.1 Å². The van der Waals surface area contributed by atoms with Crippen LogP contribution in [0.25, 0.3) is 0 Å². The summed E-state index contributed by atoms with van der Waals surface area (Å²) in [5, 5.41) is 0.669. The molecule has 0 aromatic heterocycles. The predicted octanol–water partition coefficient (Wildman–Crippen LogP) is 2.99. The first-order chi connectivity index (χ1) is 7.47. The molecule has 0 aliphatic heterocycles. The van der Waals surface area contributed by atoms with Gasteiger partial charge in [0.1, 0.15) is 5.82 Å². The standard InChI is InChI=1S/C12H15BrFNO/c1-8-4-5-10(11(14)6-8)12(16)15(3)9(2)7-13/h4-6,9H,7H2,1-3H3. The van der Waals surface area contributed by atoms with E-state index in [0.29, 0.717) is 5.33 Å². The second-order valence-electron chi connectivity index (χ2n) is 3.90. The van der Waals surface area contributed by atoms with Crippen LogP contribution in [0.5, 0.6) is 0 Å². The Labute approximate surface area is 104 Å². The van der Waals surface area contributed by atoms with E-state index in [-0.39, 0.29) is 17.5 Å². The molecule has 4 heteroatoms. The van der Waals surface area contributed by atoms with E-state index in [1.54, 1.807) is 20.0 Å². The summed E-state index contributed by atoms with van der Waals surface area (Å²) in [6.07, 6.45) is 0. The molecule has 1 unspecified atom stereocenters. The zero-order valence-electron chi connectivity index (χ0n) is 9.63. The second kappa shape index (κ2) is 5.43. The zero-order chi connectivity index (χ0) is 12.3. The largest absolute Gasteiger partial charge is 0.338 e. The molecule has 0 aliphatic carbocycles. The van der Waals surface area contributed by atoms with Crippen LogP contribution in [-0.2, 0) is 0 Å². The molecule has 0 aliphatic rings. The van der Waals surface area contributed by atoms with Crippen LogP contribution in [0.2, 0.25) is 0 Å². The number of hydrogen-bond acceptors (Lipinski definition) is 1. The molecular formula is C12H15BrFNO. The van der Waals surface area contributed by atoms with E-state index in [9.17, 15) is 9.18 Å². The van der Waals surface area contributed by atoms with Crippen molar-refractivity contribution in [3.8, 4) is 0 Å². The first-order valence-corrected chi connectivity index (χ1v) is 6.18. The van der Waals surface area contributed by atoms with Crippen LogP contribution in [-0.4, -0.2) is 29.2 Å². The number of carbonyl (C=O) groups is 1. The molecule has 1 amide bonds. The number of benzene rings is 1. The van der Waals surface area contributed by atoms with Gasteiger partial charge in [0.15, 0.2) is 0 Å². The van der Waals surface area contributed by atoms with Gasteiger partial charge in [-0.1, -0.05) is 22.0 Å². The monoisotopic (exact) mass is 287 g/mol. The van der Waals surface area contributed by atoms with Crippen molar-refractivity contribution in [1.82, 2.24) is 4.90 Å². The molecule has 0 spiro atoms. The molecule has 2 nitrogen and oxygen atoms in total. The van der Waals surface area contributed by atoms with Crippen LogP contribution in [0.3, 0.4) is 0 Å². The van der Waals surface area contributed by atoms with Crippen molar-refractivity contribution in [1.29, 1.82) is 0 Å². The average Bonchev–Trinajstić information content (AvgIpc) is 2.26. The highest BCUT2D eigenvalue weighted by Gasteiger charge is 2.19. The maximum atomic E-state index is 13.6. The fraction of sp³-hybridized carbons (Fsp3) is 0.417. The minimum absolute atomic E-state index is 0.0354. The molecule has 0 N–H and O–H groups in total. The number of hydrogen-bond donors (Lipinski definition) is 0. The number of nitrogens with zero attached hydrogens (tertiary/aromatic N) is 1. The van der Waals surface area contributed by atoms with Crippen LogP contribution in [0.15, 0.2) is 18.2 Å². The topological polar surface area (TPSA) is 20.3 Å². The molecule has 16 heavy (non-hydrogen) atoms. The summed E-state index contributed by atoms with van der Waals surface area (Å²) in [6, 6.07) is 4.68. The minimum Gasteiger partial charge on any atom is -0.338 e. The number of carbonyl (C=O) groups excluding carboxylic acids is 1. The van der Waals surface area contributed by atoms with Gasteiger partial charge in [0.25, 0.3) is 5.91 Å². The van der Waals surface area contributed by atoms with E-state index in [4.69, 9.17) is 0 Å². The maximum absolute atomic E-state index is 13.6. The Kier molecular flexibility index (Phi) is 4.47. The lowest BCUT2D eigenvalue weighted by Crippen LogP contribution is -2.36. The van der Waals surface area contributed by atoms with Gasteiger partial charge >= 0.3 is 0 Å². The number of rotatable bonds is 3. The fourth-order valence-corrected chi connectivity index (χ4v) is 1.72. The Balaban J connectivity index is 2.96. The lowest BCUT2D eigenvalue weighted by molar-refractivity contribution is 0.0753. The van der Waals surface area contributed by atoms with Gasteiger partial charge in [-0.15, -0.1) is 0 Å². The van der Waals surface area contributed by atoms with Crippen LogP contribution < -0.4 is 0 Å². The van der Waals surface area contributed by atoms with Crippen molar-refractivity contribution in [3.63, 3.8) is 0 Å². The number of halogens is 2. The molecule has 1 aromatic carbocycles. The molecule has 0 heterocycles. The second-order valence-corrected chi connectivity index (χ2v) is 4.55. The van der Waals surface area contributed by atoms with E-state index in [0.717, 1.165) is 5.56 Å². The minimum atomic E-state index is -0.460. The van der Waals surface area contributed by atoms with E-state index < -0.39 is 5.82 Å². The molecule has 0 fully saturated rings. The summed E-state index contributed by atoms with van der Waals surface area (Å²) in [5.41, 5.74) is 0.936. The summed E-state index contributed by atoms with van der Waals surface area (Å²) in [6.45, 7) is 3.70. The van der Waals surface area contributed by atoms with E-state index in [1.165, 1.54) is 17.0 Å². The third-order valence-electron chi connectivity index (χ3n) is 2.56. The Morgan fingerprint density at radius 2 is 2.19 bits per heavy atom. The Bertz CT molecular complexity index is 395. The number of amides is 1. The maximum Gasteiger partial charge on any atom is 0.256 e. The van der Waals surface area contributed by atoms with Gasteiger partial charge in [-0.3, -0.25) is 4.79 Å². The SMILES string of the molecule is Cc1ccc(C(=O)N(C)C(C)CBr)c(F)c1. The van der Waals surface area contributed by atoms with Crippen molar-refractivity contribution in [2.75, 3.05) is 12.4 Å². The highest BCUT2D eigenvalue weighted by Crippen LogP contribution is 2.13. The first kappa shape index (κ1) is 13.2. The predicted molar refractivity (Wildman–Crippen MR) is 66.5 cm³/mol. The van der Waals surface area contributed by atoms with Gasteiger partial charge < -0.3 is 4.90 Å². The van der Waals surface area contributed by atoms with E-state index >= 15 is 0 Å². The van der Waals surface area contributed by atoms with Crippen molar-refractivity contribution in [2.24, 2.45) is 0 Å². The molecule has 88 valence electrons. The smallest absolute Gasteiger partial charge is 0.256 e. The normalized spacial score (nSPS) is 12.3. The molecule has 1 atom stereocenters. The van der Waals surface area contributed by atoms with Crippen molar-refractivity contribution in [2.45, 2.75) is 19.9 Å². The number of aryl methyl sites for hydroxylation is 1. The third-order valence-corrected chi connectivity index (χ3v) is 3.50. The van der Waals surface area contributed by atoms with Crippen LogP contribution in [0, 0.1) is 12.7 Å². The highest BCUT2D eigenvalue weighted by atomic mass is 79.9.